The number of aliphatic hydroxyl groups excluding tert-OH is 1. The molecule has 1 saturated heterocycles. The maximum absolute atomic E-state index is 13.6. The molecule has 29 heavy (non-hydrogen) atoms. The Hall–Kier alpha value is -2.29. The van der Waals surface area contributed by atoms with E-state index >= 15 is 0 Å². The summed E-state index contributed by atoms with van der Waals surface area (Å²) < 4.78 is 19.1. The summed E-state index contributed by atoms with van der Waals surface area (Å²) in [5, 5.41) is 12.6. The largest absolute Gasteiger partial charge is 0.447 e. The normalized spacial score (nSPS) is 16.7. The molecule has 0 unspecified atom stereocenters. The third kappa shape index (κ3) is 6.09. The number of amides is 1. The number of aliphatic hydroxyl groups is 1. The number of anilines is 1. The average molecular weight is 404 g/mol. The average Bonchev–Trinajstić information content (AvgIpc) is 3.15. The molecule has 3 rings (SSSR count). The summed E-state index contributed by atoms with van der Waals surface area (Å²) >= 11 is 0. The number of nitrogens with zero attached hydrogens (tertiary/aromatic N) is 3. The van der Waals surface area contributed by atoms with Gasteiger partial charge in [0, 0.05) is 38.4 Å². The molecule has 8 heteroatoms. The first-order valence-electron chi connectivity index (χ1n) is 10.1. The van der Waals surface area contributed by atoms with Crippen LogP contribution in [0.4, 0.5) is 10.1 Å². The van der Waals surface area contributed by atoms with Crippen molar-refractivity contribution in [2.24, 2.45) is 0 Å². The van der Waals surface area contributed by atoms with Gasteiger partial charge in [-0.05, 0) is 31.0 Å². The second kappa shape index (κ2) is 9.96. The Morgan fingerprint density at radius 3 is 2.72 bits per heavy atom. The summed E-state index contributed by atoms with van der Waals surface area (Å²) in [5.74, 6) is -0.326. The molecule has 1 aromatic heterocycles. The van der Waals surface area contributed by atoms with Crippen LogP contribution in [0.3, 0.4) is 0 Å². The summed E-state index contributed by atoms with van der Waals surface area (Å²) in [7, 11) is 0. The highest BCUT2D eigenvalue weighted by atomic mass is 19.1. The Labute approximate surface area is 170 Å². The van der Waals surface area contributed by atoms with Crippen molar-refractivity contribution in [3.63, 3.8) is 0 Å². The highest BCUT2D eigenvalue weighted by Crippen LogP contribution is 2.15. The molecule has 1 atom stereocenters. The van der Waals surface area contributed by atoms with Crippen LogP contribution in [0.15, 0.2) is 28.9 Å². The molecule has 1 aromatic carbocycles. The molecule has 0 aliphatic carbocycles. The lowest BCUT2D eigenvalue weighted by Gasteiger charge is -2.34. The van der Waals surface area contributed by atoms with Crippen molar-refractivity contribution in [3.05, 3.63) is 47.4 Å². The molecule has 1 amide bonds. The maximum atomic E-state index is 13.6. The summed E-state index contributed by atoms with van der Waals surface area (Å²) in [6.07, 6.45) is 2.88. The summed E-state index contributed by atoms with van der Waals surface area (Å²) in [6, 6.07) is 4.54. The van der Waals surface area contributed by atoms with Gasteiger partial charge in [-0.1, -0.05) is 19.4 Å². The number of benzene rings is 1. The summed E-state index contributed by atoms with van der Waals surface area (Å²) in [4.78, 5) is 21.1. The van der Waals surface area contributed by atoms with Crippen molar-refractivity contribution < 1.29 is 18.7 Å². The molecule has 1 fully saturated rings. The van der Waals surface area contributed by atoms with E-state index in [0.717, 1.165) is 39.0 Å². The van der Waals surface area contributed by atoms with Gasteiger partial charge in [-0.15, -0.1) is 0 Å². The smallest absolute Gasteiger partial charge is 0.277 e. The van der Waals surface area contributed by atoms with Gasteiger partial charge in [0.25, 0.3) is 5.91 Å². The third-order valence-electron chi connectivity index (χ3n) is 5.13. The highest BCUT2D eigenvalue weighted by Gasteiger charge is 2.21. The Morgan fingerprint density at radius 2 is 2.03 bits per heavy atom. The predicted molar refractivity (Wildman–Crippen MR) is 108 cm³/mol. The number of oxazole rings is 1. The number of rotatable bonds is 8. The van der Waals surface area contributed by atoms with E-state index < -0.39 is 5.91 Å². The quantitative estimate of drug-likeness (QED) is 0.704. The zero-order valence-electron chi connectivity index (χ0n) is 17.0. The van der Waals surface area contributed by atoms with Crippen LogP contribution in [-0.4, -0.2) is 64.6 Å². The molecule has 7 nitrogen and oxygen atoms in total. The minimum atomic E-state index is -0.432. The number of nitrogens with one attached hydrogen (secondary N) is 1. The topological polar surface area (TPSA) is 81.8 Å². The predicted octanol–water partition coefficient (Wildman–Crippen LogP) is 2.65. The number of hydrogen-bond donors (Lipinski definition) is 2. The molecule has 0 radical (unpaired) electrons. The van der Waals surface area contributed by atoms with Crippen LogP contribution < -0.4 is 5.32 Å². The van der Waals surface area contributed by atoms with Crippen LogP contribution >= 0.6 is 0 Å². The Balaban J connectivity index is 1.48. The van der Waals surface area contributed by atoms with Gasteiger partial charge in [0.1, 0.15) is 12.1 Å². The second-order valence-corrected chi connectivity index (χ2v) is 7.56. The van der Waals surface area contributed by atoms with Crippen LogP contribution in [-0.2, 0) is 6.54 Å². The van der Waals surface area contributed by atoms with Crippen molar-refractivity contribution in [1.82, 2.24) is 14.8 Å². The van der Waals surface area contributed by atoms with Crippen LogP contribution in [0.2, 0.25) is 0 Å². The number of carbonyl (C=O) groups excluding carboxylic acids is 1. The van der Waals surface area contributed by atoms with Gasteiger partial charge in [-0.3, -0.25) is 14.6 Å². The zero-order chi connectivity index (χ0) is 20.8. The molecule has 1 aliphatic rings. The number of carbonyl (C=O) groups is 1. The molecule has 2 heterocycles. The fourth-order valence-electron chi connectivity index (χ4n) is 3.40. The molecule has 0 bridgehead atoms. The van der Waals surface area contributed by atoms with Gasteiger partial charge < -0.3 is 14.8 Å². The fourth-order valence-corrected chi connectivity index (χ4v) is 3.40. The van der Waals surface area contributed by atoms with E-state index in [0.29, 0.717) is 30.2 Å². The van der Waals surface area contributed by atoms with Crippen molar-refractivity contribution >= 4 is 11.6 Å². The van der Waals surface area contributed by atoms with E-state index in [1.165, 1.54) is 12.3 Å². The van der Waals surface area contributed by atoms with E-state index in [1.807, 2.05) is 0 Å². The molecule has 158 valence electrons. The van der Waals surface area contributed by atoms with Gasteiger partial charge in [0.05, 0.1) is 12.6 Å². The van der Waals surface area contributed by atoms with Gasteiger partial charge in [-0.2, -0.15) is 0 Å². The zero-order valence-corrected chi connectivity index (χ0v) is 17.0. The van der Waals surface area contributed by atoms with Crippen molar-refractivity contribution in [2.75, 3.05) is 38.0 Å². The Bertz CT molecular complexity index is 818. The number of halogens is 1. The van der Waals surface area contributed by atoms with E-state index in [9.17, 15) is 14.3 Å². The highest BCUT2D eigenvalue weighted by molar-refractivity contribution is 6.02. The number of aromatic nitrogens is 1. The van der Waals surface area contributed by atoms with E-state index in [1.54, 1.807) is 19.1 Å². The minimum Gasteiger partial charge on any atom is -0.447 e. The molecule has 0 spiro atoms. The van der Waals surface area contributed by atoms with Crippen molar-refractivity contribution in [1.29, 1.82) is 0 Å². The molecule has 2 aromatic rings. The van der Waals surface area contributed by atoms with Gasteiger partial charge >= 0.3 is 0 Å². The summed E-state index contributed by atoms with van der Waals surface area (Å²) in [6.45, 7) is 8.45. The monoisotopic (exact) mass is 404 g/mol. The SMILES string of the molecule is CCC[C@@H](O)CN1CCN(Cc2nc(C(=O)Nc3ccc(C)c(F)c3)co2)CC1. The third-order valence-corrected chi connectivity index (χ3v) is 5.13. The first kappa shape index (κ1) is 21.4. The number of piperazine rings is 1. The standard InChI is InChI=1S/C21H29FN4O3/c1-3-4-17(27)12-25-7-9-26(10-8-25)13-20-24-19(14-29-20)21(28)23-16-6-5-15(2)18(22)11-16/h5-6,11,14,17,27H,3-4,7-10,12-13H2,1-2H3,(H,23,28)/t17-/m1/s1. The summed E-state index contributed by atoms with van der Waals surface area (Å²) in [5.41, 5.74) is 1.07. The molecular formula is C21H29FN4O3. The van der Waals surface area contributed by atoms with Gasteiger partial charge in [0.2, 0.25) is 5.89 Å². The van der Waals surface area contributed by atoms with E-state index in [-0.39, 0.29) is 17.6 Å². The Kier molecular flexibility index (Phi) is 7.35. The van der Waals surface area contributed by atoms with Gasteiger partial charge in [0.15, 0.2) is 5.69 Å². The minimum absolute atomic E-state index is 0.169. The molecule has 2 N–H and O–H groups in total. The maximum Gasteiger partial charge on any atom is 0.277 e. The van der Waals surface area contributed by atoms with E-state index in [4.69, 9.17) is 4.42 Å². The number of aryl methyl sites for hydroxylation is 1. The molecular weight excluding hydrogens is 375 g/mol. The second-order valence-electron chi connectivity index (χ2n) is 7.56. The van der Waals surface area contributed by atoms with Crippen LogP contribution in [0.25, 0.3) is 0 Å². The van der Waals surface area contributed by atoms with Crippen LogP contribution in [0.1, 0.15) is 41.7 Å². The number of hydrogen-bond acceptors (Lipinski definition) is 6. The van der Waals surface area contributed by atoms with Crippen LogP contribution in [0.5, 0.6) is 0 Å². The van der Waals surface area contributed by atoms with Gasteiger partial charge in [-0.25, -0.2) is 9.37 Å². The van der Waals surface area contributed by atoms with Crippen molar-refractivity contribution in [2.45, 2.75) is 39.3 Å². The van der Waals surface area contributed by atoms with Crippen molar-refractivity contribution in [3.8, 4) is 0 Å². The lowest BCUT2D eigenvalue weighted by atomic mass is 10.2. The lowest BCUT2D eigenvalue weighted by Crippen LogP contribution is -2.48. The first-order chi connectivity index (χ1) is 13.9. The number of β-amino-alcohol motifs (C(OH)–C–C–N with tert-alkyl or cyclic N) is 1. The molecule has 0 saturated carbocycles. The first-order valence-corrected chi connectivity index (χ1v) is 10.1. The fraction of sp³-hybridized carbons (Fsp3) is 0.524. The lowest BCUT2D eigenvalue weighted by molar-refractivity contribution is 0.0634. The van der Waals surface area contributed by atoms with Crippen LogP contribution in [0, 0.1) is 12.7 Å². The van der Waals surface area contributed by atoms with E-state index in [2.05, 4.69) is 27.0 Å². The Morgan fingerprint density at radius 1 is 1.31 bits per heavy atom. The molecule has 1 aliphatic heterocycles.